The maximum Gasteiger partial charge on any atom is 0.321 e. The first-order chi connectivity index (χ1) is 7.92. The fourth-order valence-electron chi connectivity index (χ4n) is 1.25. The van der Waals surface area contributed by atoms with Crippen LogP contribution in [0.5, 0.6) is 0 Å². The third-order valence-corrected chi connectivity index (χ3v) is 2.40. The molecule has 0 rings (SSSR count). The molecular weight excluding hydrogens is 220 g/mol. The molecule has 6 heteroatoms. The molecule has 0 aliphatic carbocycles. The van der Waals surface area contributed by atoms with Gasteiger partial charge in [-0.2, -0.15) is 5.26 Å². The van der Waals surface area contributed by atoms with E-state index in [-0.39, 0.29) is 11.8 Å². The summed E-state index contributed by atoms with van der Waals surface area (Å²) in [6.45, 7) is 6.20. The molecule has 0 aliphatic rings. The van der Waals surface area contributed by atoms with Gasteiger partial charge in [-0.25, -0.2) is 4.79 Å². The fraction of sp³-hybridized carbons (Fsp3) is 0.727. The number of rotatable bonds is 5. The van der Waals surface area contributed by atoms with Crippen molar-refractivity contribution in [2.75, 3.05) is 20.1 Å². The van der Waals surface area contributed by atoms with E-state index < -0.39 is 12.1 Å². The van der Waals surface area contributed by atoms with Gasteiger partial charge in [0.15, 0.2) is 0 Å². The molecule has 0 saturated carbocycles. The minimum Gasteiger partial charge on any atom is -0.338 e. The molecule has 3 amide bonds. The molecule has 6 nitrogen and oxygen atoms in total. The number of amides is 3. The third-order valence-electron chi connectivity index (χ3n) is 2.40. The van der Waals surface area contributed by atoms with Crippen molar-refractivity contribution in [3.05, 3.63) is 0 Å². The molecule has 0 aromatic heterocycles. The summed E-state index contributed by atoms with van der Waals surface area (Å²) in [5, 5.41) is 13.4. The zero-order chi connectivity index (χ0) is 13.4. The summed E-state index contributed by atoms with van der Waals surface area (Å²) in [5.41, 5.74) is 0. The molecule has 2 unspecified atom stereocenters. The molecule has 0 fully saturated rings. The van der Waals surface area contributed by atoms with Crippen molar-refractivity contribution in [1.29, 1.82) is 5.26 Å². The maximum absolute atomic E-state index is 11.6. The van der Waals surface area contributed by atoms with Gasteiger partial charge in [-0.05, 0) is 27.8 Å². The number of nitrogens with zero attached hydrogens (tertiary/aromatic N) is 2. The monoisotopic (exact) mass is 240 g/mol. The van der Waals surface area contributed by atoms with E-state index >= 15 is 0 Å². The van der Waals surface area contributed by atoms with E-state index in [1.54, 1.807) is 32.7 Å². The lowest BCUT2D eigenvalue weighted by Crippen LogP contribution is -2.49. The molecule has 0 aliphatic heterocycles. The average molecular weight is 240 g/mol. The van der Waals surface area contributed by atoms with Crippen LogP contribution >= 0.6 is 0 Å². The summed E-state index contributed by atoms with van der Waals surface area (Å²) >= 11 is 0. The smallest absolute Gasteiger partial charge is 0.321 e. The lowest BCUT2D eigenvalue weighted by molar-refractivity contribution is -0.124. The highest BCUT2D eigenvalue weighted by molar-refractivity contribution is 5.96. The number of carbonyl (C=O) groups is 2. The molecule has 0 radical (unpaired) electrons. The second-order valence-corrected chi connectivity index (χ2v) is 3.99. The summed E-state index contributed by atoms with van der Waals surface area (Å²) < 4.78 is 0. The zero-order valence-corrected chi connectivity index (χ0v) is 10.8. The minimum atomic E-state index is -0.494. The van der Waals surface area contributed by atoms with Crippen molar-refractivity contribution in [1.82, 2.24) is 15.5 Å². The molecule has 0 bridgehead atoms. The number of imide groups is 1. The summed E-state index contributed by atoms with van der Waals surface area (Å²) in [6, 6.07) is 1.15. The summed E-state index contributed by atoms with van der Waals surface area (Å²) in [7, 11) is 1.75. The van der Waals surface area contributed by atoms with Crippen molar-refractivity contribution in [3.8, 4) is 6.07 Å². The number of nitriles is 1. The molecule has 96 valence electrons. The Morgan fingerprint density at radius 2 is 2.00 bits per heavy atom. The number of urea groups is 1. The summed E-state index contributed by atoms with van der Waals surface area (Å²) in [5.74, 6) is -0.525. The maximum atomic E-state index is 11.6. The molecule has 17 heavy (non-hydrogen) atoms. The Balaban J connectivity index is 4.21. The van der Waals surface area contributed by atoms with Gasteiger partial charge in [0.05, 0.1) is 18.0 Å². The lowest BCUT2D eigenvalue weighted by Gasteiger charge is -2.24. The highest BCUT2D eigenvalue weighted by Crippen LogP contribution is 2.01. The van der Waals surface area contributed by atoms with Crippen LogP contribution < -0.4 is 10.6 Å². The Morgan fingerprint density at radius 3 is 2.47 bits per heavy atom. The predicted octanol–water partition coefficient (Wildman–Crippen LogP) is 0.312. The minimum absolute atomic E-state index is 0.153. The second-order valence-electron chi connectivity index (χ2n) is 3.99. The van der Waals surface area contributed by atoms with Gasteiger partial charge in [-0.15, -0.1) is 0 Å². The molecule has 0 heterocycles. The quantitative estimate of drug-likeness (QED) is 0.724. The number of hydrogen-bond donors (Lipinski definition) is 2. The van der Waals surface area contributed by atoms with Gasteiger partial charge in [0, 0.05) is 13.1 Å². The molecule has 0 spiro atoms. The molecule has 0 saturated heterocycles. The van der Waals surface area contributed by atoms with Gasteiger partial charge in [0.25, 0.3) is 0 Å². The highest BCUT2D eigenvalue weighted by atomic mass is 16.2. The van der Waals surface area contributed by atoms with Crippen LogP contribution in [-0.2, 0) is 4.79 Å². The second kappa shape index (κ2) is 7.63. The van der Waals surface area contributed by atoms with Crippen LogP contribution in [0.15, 0.2) is 0 Å². The molecule has 0 aromatic rings. The van der Waals surface area contributed by atoms with Crippen LogP contribution in [0.1, 0.15) is 20.8 Å². The Bertz CT molecular complexity index is 311. The van der Waals surface area contributed by atoms with Gasteiger partial charge < -0.3 is 5.32 Å². The SMILES string of the molecule is CCNC(=O)NC(=O)C(C)N(C)CC(C)C#N. The van der Waals surface area contributed by atoms with E-state index in [9.17, 15) is 9.59 Å². The van der Waals surface area contributed by atoms with Crippen LogP contribution in [0.2, 0.25) is 0 Å². The topological polar surface area (TPSA) is 85.2 Å². The van der Waals surface area contributed by atoms with Crippen LogP contribution in [0.4, 0.5) is 4.79 Å². The third kappa shape index (κ3) is 5.88. The first-order valence-electron chi connectivity index (χ1n) is 5.60. The standard InChI is InChI=1S/C11H20N4O2/c1-5-13-11(17)14-10(16)9(3)15(4)7-8(2)6-12/h8-9H,5,7H2,1-4H3,(H2,13,14,16,17). The van der Waals surface area contributed by atoms with Gasteiger partial charge in [-0.1, -0.05) is 0 Å². The number of likely N-dealkylation sites (N-methyl/N-ethyl adjacent to an activating group) is 1. The number of carbonyl (C=O) groups excluding carboxylic acids is 2. The van der Waals surface area contributed by atoms with Crippen LogP contribution in [0.25, 0.3) is 0 Å². The van der Waals surface area contributed by atoms with E-state index in [4.69, 9.17) is 5.26 Å². The lowest BCUT2D eigenvalue weighted by atomic mass is 10.1. The largest absolute Gasteiger partial charge is 0.338 e. The number of nitrogens with one attached hydrogen (secondary N) is 2. The van der Waals surface area contributed by atoms with Crippen molar-refractivity contribution in [3.63, 3.8) is 0 Å². The first-order valence-corrected chi connectivity index (χ1v) is 5.60. The van der Waals surface area contributed by atoms with Crippen LogP contribution in [-0.4, -0.2) is 43.0 Å². The van der Waals surface area contributed by atoms with Crippen molar-refractivity contribution >= 4 is 11.9 Å². The van der Waals surface area contributed by atoms with Crippen LogP contribution in [0, 0.1) is 17.2 Å². The Labute approximate surface area is 102 Å². The average Bonchev–Trinajstić information content (AvgIpc) is 2.27. The van der Waals surface area contributed by atoms with Gasteiger partial charge in [0.1, 0.15) is 0 Å². The van der Waals surface area contributed by atoms with Crippen LogP contribution in [0.3, 0.4) is 0 Å². The van der Waals surface area contributed by atoms with Crippen molar-refractivity contribution in [2.45, 2.75) is 26.8 Å². The molecule has 0 aromatic carbocycles. The van der Waals surface area contributed by atoms with Gasteiger partial charge in [0.2, 0.25) is 5.91 Å². The van der Waals surface area contributed by atoms with E-state index in [1.807, 2.05) is 0 Å². The fourth-order valence-corrected chi connectivity index (χ4v) is 1.25. The Hall–Kier alpha value is -1.61. The summed E-state index contributed by atoms with van der Waals surface area (Å²) in [6.07, 6.45) is 0. The van der Waals surface area contributed by atoms with Crippen molar-refractivity contribution < 1.29 is 9.59 Å². The van der Waals surface area contributed by atoms with Gasteiger partial charge >= 0.3 is 6.03 Å². The van der Waals surface area contributed by atoms with E-state index in [0.717, 1.165) is 0 Å². The van der Waals surface area contributed by atoms with E-state index in [2.05, 4.69) is 16.7 Å². The molecule has 2 atom stereocenters. The Kier molecular flexibility index (Phi) is 6.91. The Morgan fingerprint density at radius 1 is 1.41 bits per heavy atom. The highest BCUT2D eigenvalue weighted by Gasteiger charge is 2.20. The van der Waals surface area contributed by atoms with Gasteiger partial charge in [-0.3, -0.25) is 15.0 Å². The predicted molar refractivity (Wildman–Crippen MR) is 64.1 cm³/mol. The number of hydrogen-bond acceptors (Lipinski definition) is 4. The van der Waals surface area contributed by atoms with E-state index in [1.165, 1.54) is 0 Å². The molecular formula is C11H20N4O2. The van der Waals surface area contributed by atoms with Crippen molar-refractivity contribution in [2.24, 2.45) is 5.92 Å². The molecule has 2 N–H and O–H groups in total. The first kappa shape index (κ1) is 15.4. The normalized spacial score (nSPS) is 13.6. The summed E-state index contributed by atoms with van der Waals surface area (Å²) in [4.78, 5) is 24.5. The zero-order valence-electron chi connectivity index (χ0n) is 10.8. The van der Waals surface area contributed by atoms with E-state index in [0.29, 0.717) is 13.1 Å².